The molecule has 1 unspecified atom stereocenters. The van der Waals surface area contributed by atoms with Gasteiger partial charge in [0, 0.05) is 12.6 Å². The Hall–Kier alpha value is -0.930. The Morgan fingerprint density at radius 1 is 1.38 bits per heavy atom. The number of halogens is 1. The standard InChI is InChI=1S/C18H29FN2/c1-4-10-20-17(15-6-5-7-16(19)13-15)8-11-21-12-9-18(2,3)14-21/h5-7,13,17,20H,4,8-12,14H2,1-3H3. The Bertz CT molecular complexity index is 445. The zero-order valence-corrected chi connectivity index (χ0v) is 13.7. The van der Waals surface area contributed by atoms with Crippen LogP contribution in [0.1, 0.15) is 51.6 Å². The molecule has 2 rings (SSSR count). The van der Waals surface area contributed by atoms with Crippen LogP contribution in [0.2, 0.25) is 0 Å². The van der Waals surface area contributed by atoms with Gasteiger partial charge in [0.25, 0.3) is 0 Å². The molecule has 118 valence electrons. The van der Waals surface area contributed by atoms with E-state index in [0.717, 1.165) is 31.5 Å². The fraction of sp³-hybridized carbons (Fsp3) is 0.667. The first-order valence-electron chi connectivity index (χ1n) is 8.21. The van der Waals surface area contributed by atoms with Crippen LogP contribution in [0.4, 0.5) is 4.39 Å². The van der Waals surface area contributed by atoms with Crippen LogP contribution in [0.15, 0.2) is 24.3 Å². The molecule has 3 heteroatoms. The van der Waals surface area contributed by atoms with Crippen LogP contribution in [0.25, 0.3) is 0 Å². The minimum absolute atomic E-state index is 0.141. The first-order valence-corrected chi connectivity index (χ1v) is 8.21. The highest BCUT2D eigenvalue weighted by Crippen LogP contribution is 2.29. The highest BCUT2D eigenvalue weighted by molar-refractivity contribution is 5.20. The molecule has 0 bridgehead atoms. The van der Waals surface area contributed by atoms with Gasteiger partial charge in [-0.3, -0.25) is 0 Å². The zero-order valence-electron chi connectivity index (χ0n) is 13.7. The van der Waals surface area contributed by atoms with Crippen molar-refractivity contribution in [2.75, 3.05) is 26.2 Å². The van der Waals surface area contributed by atoms with E-state index < -0.39 is 0 Å². The Morgan fingerprint density at radius 3 is 2.81 bits per heavy atom. The van der Waals surface area contributed by atoms with Crippen molar-refractivity contribution in [3.05, 3.63) is 35.6 Å². The highest BCUT2D eigenvalue weighted by Gasteiger charge is 2.29. The normalized spacial score (nSPS) is 19.8. The maximum absolute atomic E-state index is 13.5. The Balaban J connectivity index is 1.94. The van der Waals surface area contributed by atoms with Gasteiger partial charge in [0.15, 0.2) is 0 Å². The summed E-state index contributed by atoms with van der Waals surface area (Å²) < 4.78 is 13.5. The van der Waals surface area contributed by atoms with Gasteiger partial charge in [0.05, 0.1) is 0 Å². The van der Waals surface area contributed by atoms with E-state index in [-0.39, 0.29) is 11.9 Å². The molecule has 1 aromatic rings. The molecular weight excluding hydrogens is 263 g/mol. The summed E-state index contributed by atoms with van der Waals surface area (Å²) in [4.78, 5) is 2.54. The van der Waals surface area contributed by atoms with Crippen LogP contribution < -0.4 is 5.32 Å². The van der Waals surface area contributed by atoms with Crippen LogP contribution in [0, 0.1) is 11.2 Å². The zero-order chi connectivity index (χ0) is 15.3. The molecule has 1 fully saturated rings. The molecule has 1 aliphatic heterocycles. The third kappa shape index (κ3) is 5.08. The molecular formula is C18H29FN2. The van der Waals surface area contributed by atoms with E-state index in [1.54, 1.807) is 6.07 Å². The smallest absolute Gasteiger partial charge is 0.123 e. The predicted octanol–water partition coefficient (Wildman–Crippen LogP) is 3.99. The lowest BCUT2D eigenvalue weighted by Crippen LogP contribution is -2.29. The lowest BCUT2D eigenvalue weighted by molar-refractivity contribution is 0.274. The third-order valence-electron chi connectivity index (χ3n) is 4.38. The van der Waals surface area contributed by atoms with E-state index in [4.69, 9.17) is 0 Å². The summed E-state index contributed by atoms with van der Waals surface area (Å²) in [6.07, 6.45) is 3.42. The van der Waals surface area contributed by atoms with Crippen molar-refractivity contribution in [1.82, 2.24) is 10.2 Å². The lowest BCUT2D eigenvalue weighted by atomic mass is 9.93. The molecule has 2 nitrogen and oxygen atoms in total. The number of benzene rings is 1. The van der Waals surface area contributed by atoms with Crippen molar-refractivity contribution in [3.63, 3.8) is 0 Å². The fourth-order valence-corrected chi connectivity index (χ4v) is 3.16. The van der Waals surface area contributed by atoms with Crippen molar-refractivity contribution in [2.24, 2.45) is 5.41 Å². The first-order chi connectivity index (χ1) is 10.00. The predicted molar refractivity (Wildman–Crippen MR) is 86.9 cm³/mol. The highest BCUT2D eigenvalue weighted by atomic mass is 19.1. The van der Waals surface area contributed by atoms with Crippen molar-refractivity contribution in [3.8, 4) is 0 Å². The summed E-state index contributed by atoms with van der Waals surface area (Å²) in [7, 11) is 0. The molecule has 0 aromatic heterocycles. The largest absolute Gasteiger partial charge is 0.310 e. The average molecular weight is 292 g/mol. The Labute approximate surface area is 128 Å². The second-order valence-corrected chi connectivity index (χ2v) is 7.04. The number of likely N-dealkylation sites (tertiary alicyclic amines) is 1. The van der Waals surface area contributed by atoms with Gasteiger partial charge in [-0.1, -0.05) is 32.9 Å². The summed E-state index contributed by atoms with van der Waals surface area (Å²) in [5.74, 6) is -0.141. The number of rotatable bonds is 7. The van der Waals surface area contributed by atoms with E-state index in [2.05, 4.69) is 31.0 Å². The minimum atomic E-state index is -0.141. The monoisotopic (exact) mass is 292 g/mol. The number of hydrogen-bond acceptors (Lipinski definition) is 2. The molecule has 0 aliphatic carbocycles. The molecule has 0 amide bonds. The van der Waals surface area contributed by atoms with Gasteiger partial charge < -0.3 is 10.2 Å². The quantitative estimate of drug-likeness (QED) is 0.817. The van der Waals surface area contributed by atoms with Gasteiger partial charge >= 0.3 is 0 Å². The van der Waals surface area contributed by atoms with Crippen LogP contribution in [0.3, 0.4) is 0 Å². The molecule has 1 heterocycles. The molecule has 1 N–H and O–H groups in total. The van der Waals surface area contributed by atoms with E-state index in [1.807, 2.05) is 12.1 Å². The maximum atomic E-state index is 13.5. The van der Waals surface area contributed by atoms with Crippen LogP contribution in [-0.2, 0) is 0 Å². The van der Waals surface area contributed by atoms with Gasteiger partial charge in [-0.25, -0.2) is 4.39 Å². The fourth-order valence-electron chi connectivity index (χ4n) is 3.16. The number of nitrogens with zero attached hydrogens (tertiary/aromatic N) is 1. The summed E-state index contributed by atoms with van der Waals surface area (Å²) in [5, 5.41) is 3.56. The summed E-state index contributed by atoms with van der Waals surface area (Å²) in [5.41, 5.74) is 1.52. The van der Waals surface area contributed by atoms with Crippen molar-refractivity contribution in [2.45, 2.75) is 46.1 Å². The topological polar surface area (TPSA) is 15.3 Å². The lowest BCUT2D eigenvalue weighted by Gasteiger charge is -2.24. The molecule has 1 saturated heterocycles. The molecule has 1 atom stereocenters. The van der Waals surface area contributed by atoms with E-state index >= 15 is 0 Å². The van der Waals surface area contributed by atoms with E-state index in [1.165, 1.54) is 25.6 Å². The molecule has 0 spiro atoms. The number of nitrogens with one attached hydrogen (secondary N) is 1. The second kappa shape index (κ2) is 7.37. The van der Waals surface area contributed by atoms with Crippen LogP contribution in [0.5, 0.6) is 0 Å². The van der Waals surface area contributed by atoms with Crippen molar-refractivity contribution >= 4 is 0 Å². The first kappa shape index (κ1) is 16.4. The minimum Gasteiger partial charge on any atom is -0.310 e. The molecule has 0 saturated carbocycles. The maximum Gasteiger partial charge on any atom is 0.123 e. The van der Waals surface area contributed by atoms with Gasteiger partial charge in [0.1, 0.15) is 5.82 Å². The molecule has 21 heavy (non-hydrogen) atoms. The summed E-state index contributed by atoms with van der Waals surface area (Å²) in [6, 6.07) is 7.28. The van der Waals surface area contributed by atoms with Gasteiger partial charge in [0.2, 0.25) is 0 Å². The van der Waals surface area contributed by atoms with E-state index in [0.29, 0.717) is 5.41 Å². The third-order valence-corrected chi connectivity index (χ3v) is 4.38. The summed E-state index contributed by atoms with van der Waals surface area (Å²) in [6.45, 7) is 11.3. The van der Waals surface area contributed by atoms with Crippen LogP contribution >= 0.6 is 0 Å². The Kier molecular flexibility index (Phi) is 5.77. The van der Waals surface area contributed by atoms with E-state index in [9.17, 15) is 4.39 Å². The number of hydrogen-bond donors (Lipinski definition) is 1. The van der Waals surface area contributed by atoms with Crippen LogP contribution in [-0.4, -0.2) is 31.1 Å². The molecule has 0 radical (unpaired) electrons. The van der Waals surface area contributed by atoms with Gasteiger partial charge in [-0.15, -0.1) is 0 Å². The molecule has 1 aliphatic rings. The van der Waals surface area contributed by atoms with Crippen molar-refractivity contribution < 1.29 is 4.39 Å². The SMILES string of the molecule is CCCNC(CCN1CCC(C)(C)C1)c1cccc(F)c1. The summed E-state index contributed by atoms with van der Waals surface area (Å²) >= 11 is 0. The average Bonchev–Trinajstić information content (AvgIpc) is 2.78. The Morgan fingerprint density at radius 2 is 2.19 bits per heavy atom. The van der Waals surface area contributed by atoms with Gasteiger partial charge in [-0.05, 0) is 62.0 Å². The second-order valence-electron chi connectivity index (χ2n) is 7.04. The van der Waals surface area contributed by atoms with Crippen molar-refractivity contribution in [1.29, 1.82) is 0 Å². The van der Waals surface area contributed by atoms with Gasteiger partial charge in [-0.2, -0.15) is 0 Å². The molecule has 1 aromatic carbocycles.